The molecule has 4 nitrogen and oxygen atoms in total. The summed E-state index contributed by atoms with van der Waals surface area (Å²) in [4.78, 5) is 18.9. The van der Waals surface area contributed by atoms with Gasteiger partial charge in [0.25, 0.3) is 0 Å². The molecule has 4 rings (SSSR count). The summed E-state index contributed by atoms with van der Waals surface area (Å²) in [5, 5.41) is 2.68. The van der Waals surface area contributed by atoms with Crippen LogP contribution in [0.5, 0.6) is 5.75 Å². The summed E-state index contributed by atoms with van der Waals surface area (Å²) in [5.74, 6) is 0.357. The van der Waals surface area contributed by atoms with E-state index >= 15 is 0 Å². The van der Waals surface area contributed by atoms with E-state index < -0.39 is 0 Å². The van der Waals surface area contributed by atoms with Crippen LogP contribution in [-0.2, 0) is 24.2 Å². The third kappa shape index (κ3) is 3.60. The lowest BCUT2D eigenvalue weighted by molar-refractivity contribution is -0.117. The van der Waals surface area contributed by atoms with Crippen LogP contribution in [0.15, 0.2) is 53.9 Å². The third-order valence-electron chi connectivity index (χ3n) is 4.30. The number of carbonyl (C=O) groups is 1. The van der Waals surface area contributed by atoms with E-state index in [1.54, 1.807) is 12.1 Å². The Balaban J connectivity index is 1.36. The fourth-order valence-corrected chi connectivity index (χ4v) is 3.73. The Morgan fingerprint density at radius 1 is 1.19 bits per heavy atom. The van der Waals surface area contributed by atoms with E-state index in [2.05, 4.69) is 11.1 Å². The zero-order chi connectivity index (χ0) is 17.9. The van der Waals surface area contributed by atoms with Crippen LogP contribution in [0.3, 0.4) is 0 Å². The van der Waals surface area contributed by atoms with Crippen LogP contribution in [0.4, 0.5) is 10.1 Å². The molecule has 1 aliphatic heterocycles. The van der Waals surface area contributed by atoms with Crippen molar-refractivity contribution in [3.63, 3.8) is 0 Å². The van der Waals surface area contributed by atoms with Crippen LogP contribution in [0.2, 0.25) is 0 Å². The van der Waals surface area contributed by atoms with Crippen molar-refractivity contribution in [1.82, 2.24) is 4.98 Å². The quantitative estimate of drug-likeness (QED) is 0.684. The first kappa shape index (κ1) is 16.7. The number of para-hydroxylation sites is 1. The molecule has 0 saturated heterocycles. The van der Waals surface area contributed by atoms with Crippen molar-refractivity contribution >= 4 is 22.9 Å². The number of rotatable bonds is 5. The van der Waals surface area contributed by atoms with Crippen molar-refractivity contribution in [2.75, 3.05) is 11.4 Å². The van der Waals surface area contributed by atoms with Crippen LogP contribution in [0.25, 0.3) is 0 Å². The largest absolute Gasteiger partial charge is 0.486 e. The highest BCUT2D eigenvalue weighted by atomic mass is 32.1. The number of amides is 1. The highest BCUT2D eigenvalue weighted by Gasteiger charge is 2.24. The highest BCUT2D eigenvalue weighted by Crippen LogP contribution is 2.28. The normalized spacial score (nSPS) is 12.9. The van der Waals surface area contributed by atoms with Gasteiger partial charge in [-0.25, -0.2) is 9.37 Å². The monoisotopic (exact) mass is 368 g/mol. The zero-order valence-corrected chi connectivity index (χ0v) is 14.8. The Morgan fingerprint density at radius 3 is 2.85 bits per heavy atom. The van der Waals surface area contributed by atoms with E-state index in [0.29, 0.717) is 12.4 Å². The number of ether oxygens (including phenoxy) is 1. The van der Waals surface area contributed by atoms with Gasteiger partial charge in [-0.1, -0.05) is 18.2 Å². The molecular formula is C20H17FN2O2S. The van der Waals surface area contributed by atoms with Gasteiger partial charge in [0.15, 0.2) is 0 Å². The summed E-state index contributed by atoms with van der Waals surface area (Å²) >= 11 is 1.46. The number of hydrogen-bond acceptors (Lipinski definition) is 4. The molecule has 26 heavy (non-hydrogen) atoms. The minimum absolute atomic E-state index is 0.0613. The number of anilines is 1. The molecule has 0 atom stereocenters. The first-order valence-electron chi connectivity index (χ1n) is 8.39. The minimum atomic E-state index is -0.295. The fraction of sp³-hybridized carbons (Fsp3) is 0.200. The number of fused-ring (bicyclic) bond motifs is 1. The number of benzene rings is 2. The van der Waals surface area contributed by atoms with Crippen molar-refractivity contribution in [1.29, 1.82) is 0 Å². The van der Waals surface area contributed by atoms with Crippen LogP contribution in [0, 0.1) is 5.82 Å². The minimum Gasteiger partial charge on any atom is -0.486 e. The predicted octanol–water partition coefficient (Wildman–Crippen LogP) is 3.99. The summed E-state index contributed by atoms with van der Waals surface area (Å²) in [6.45, 7) is 1.03. The summed E-state index contributed by atoms with van der Waals surface area (Å²) in [5.41, 5.74) is 2.97. The molecule has 1 amide bonds. The number of hydrogen-bond donors (Lipinski definition) is 0. The van der Waals surface area contributed by atoms with Crippen molar-refractivity contribution in [3.05, 3.63) is 76.0 Å². The van der Waals surface area contributed by atoms with Crippen LogP contribution in [-0.4, -0.2) is 17.4 Å². The second kappa shape index (κ2) is 7.25. The average Bonchev–Trinajstić information content (AvgIpc) is 3.28. The van der Waals surface area contributed by atoms with Crippen molar-refractivity contribution in [2.24, 2.45) is 0 Å². The highest BCUT2D eigenvalue weighted by molar-refractivity contribution is 7.09. The molecule has 2 heterocycles. The molecule has 0 spiro atoms. The molecule has 132 valence electrons. The lowest BCUT2D eigenvalue weighted by Gasteiger charge is -2.16. The van der Waals surface area contributed by atoms with Crippen LogP contribution >= 0.6 is 11.3 Å². The van der Waals surface area contributed by atoms with Gasteiger partial charge in [-0.2, -0.15) is 0 Å². The first-order valence-corrected chi connectivity index (χ1v) is 9.27. The Kier molecular flexibility index (Phi) is 4.67. The number of carbonyl (C=O) groups excluding carboxylic acids is 1. The van der Waals surface area contributed by atoms with Gasteiger partial charge >= 0.3 is 0 Å². The summed E-state index contributed by atoms with van der Waals surface area (Å²) in [6.07, 6.45) is 1.18. The lowest BCUT2D eigenvalue weighted by Crippen LogP contribution is -2.30. The molecule has 0 unspecified atom stereocenters. The first-order chi connectivity index (χ1) is 12.7. The standard InChI is InChI=1S/C20H17FN2O2S/c21-15-5-7-17(8-6-15)25-12-19-22-16(13-26-19)11-20(24)23-10-9-14-3-1-2-4-18(14)23/h1-8,13H,9-12H2. The van der Waals surface area contributed by atoms with E-state index in [0.717, 1.165) is 29.4 Å². The smallest absolute Gasteiger partial charge is 0.233 e. The van der Waals surface area contributed by atoms with E-state index in [9.17, 15) is 9.18 Å². The maximum Gasteiger partial charge on any atom is 0.233 e. The molecule has 3 aromatic rings. The Morgan fingerprint density at radius 2 is 2.00 bits per heavy atom. The van der Waals surface area contributed by atoms with Crippen LogP contribution in [0.1, 0.15) is 16.3 Å². The average molecular weight is 368 g/mol. The molecule has 0 saturated carbocycles. The van der Waals surface area contributed by atoms with Gasteiger partial charge in [-0.3, -0.25) is 4.79 Å². The molecule has 0 bridgehead atoms. The Bertz CT molecular complexity index is 924. The molecule has 0 fully saturated rings. The van der Waals surface area contributed by atoms with Gasteiger partial charge in [-0.15, -0.1) is 11.3 Å². The molecular weight excluding hydrogens is 351 g/mol. The summed E-state index contributed by atoms with van der Waals surface area (Å²) in [6, 6.07) is 13.9. The Labute approximate surface area is 154 Å². The van der Waals surface area contributed by atoms with Crippen molar-refractivity contribution in [2.45, 2.75) is 19.4 Å². The maximum absolute atomic E-state index is 12.9. The third-order valence-corrected chi connectivity index (χ3v) is 5.17. The van der Waals surface area contributed by atoms with Gasteiger partial charge in [0, 0.05) is 17.6 Å². The molecule has 0 N–H and O–H groups in total. The van der Waals surface area contributed by atoms with Crippen LogP contribution < -0.4 is 9.64 Å². The molecule has 0 radical (unpaired) electrons. The van der Waals surface area contributed by atoms with Crippen molar-refractivity contribution in [3.8, 4) is 5.75 Å². The molecule has 6 heteroatoms. The van der Waals surface area contributed by atoms with Gasteiger partial charge in [0.05, 0.1) is 12.1 Å². The fourth-order valence-electron chi connectivity index (χ4n) is 3.02. The predicted molar refractivity (Wildman–Crippen MR) is 99.0 cm³/mol. The summed E-state index contributed by atoms with van der Waals surface area (Å²) < 4.78 is 18.5. The second-order valence-electron chi connectivity index (χ2n) is 6.08. The summed E-state index contributed by atoms with van der Waals surface area (Å²) in [7, 11) is 0. The number of nitrogens with zero attached hydrogens (tertiary/aromatic N) is 2. The van der Waals surface area contributed by atoms with E-state index in [4.69, 9.17) is 4.74 Å². The SMILES string of the molecule is O=C(Cc1csc(COc2ccc(F)cc2)n1)N1CCc2ccccc21. The van der Waals surface area contributed by atoms with Crippen molar-refractivity contribution < 1.29 is 13.9 Å². The number of halogens is 1. The van der Waals surface area contributed by atoms with Gasteiger partial charge in [0.2, 0.25) is 5.91 Å². The number of thiazole rings is 1. The van der Waals surface area contributed by atoms with E-state index in [1.165, 1.54) is 29.0 Å². The van der Waals surface area contributed by atoms with E-state index in [1.807, 2.05) is 28.5 Å². The number of aromatic nitrogens is 1. The molecule has 1 aliphatic rings. The molecule has 1 aromatic heterocycles. The Hall–Kier alpha value is -2.73. The second-order valence-corrected chi connectivity index (χ2v) is 7.02. The molecule has 0 aliphatic carbocycles. The van der Waals surface area contributed by atoms with E-state index in [-0.39, 0.29) is 18.1 Å². The lowest BCUT2D eigenvalue weighted by atomic mass is 10.2. The molecule has 2 aromatic carbocycles. The maximum atomic E-state index is 12.9. The van der Waals surface area contributed by atoms with Gasteiger partial charge < -0.3 is 9.64 Å². The topological polar surface area (TPSA) is 42.4 Å². The zero-order valence-electron chi connectivity index (χ0n) is 14.0. The van der Waals surface area contributed by atoms with Gasteiger partial charge in [0.1, 0.15) is 23.2 Å². The van der Waals surface area contributed by atoms with Gasteiger partial charge in [-0.05, 0) is 42.3 Å².